The van der Waals surface area contributed by atoms with E-state index in [1.165, 1.54) is 30.1 Å². The molecule has 2 aromatic rings. The Morgan fingerprint density at radius 3 is 2.75 bits per heavy atom. The number of rotatable bonds is 5. The Bertz CT molecular complexity index is 766. The van der Waals surface area contributed by atoms with Crippen LogP contribution in [0.2, 0.25) is 10.0 Å². The lowest BCUT2D eigenvalue weighted by Crippen LogP contribution is -2.34. The molecule has 0 aliphatic heterocycles. The molecule has 0 spiro atoms. The van der Waals surface area contributed by atoms with E-state index in [9.17, 15) is 9.18 Å². The third kappa shape index (κ3) is 3.66. The molecule has 1 aromatic carbocycles. The highest BCUT2D eigenvalue weighted by Gasteiger charge is 2.35. The maximum Gasteiger partial charge on any atom is 0.274 e. The van der Waals surface area contributed by atoms with Crippen molar-refractivity contribution in [2.75, 3.05) is 6.26 Å². The summed E-state index contributed by atoms with van der Waals surface area (Å²) in [5, 5.41) is 0.942. The largest absolute Gasteiger partial charge is 0.330 e. The van der Waals surface area contributed by atoms with E-state index in [2.05, 4.69) is 9.97 Å². The van der Waals surface area contributed by atoms with Crippen LogP contribution in [-0.2, 0) is 6.54 Å². The highest BCUT2D eigenvalue weighted by molar-refractivity contribution is 7.98. The number of halogens is 3. The number of amides is 1. The Balaban J connectivity index is 1.93. The second-order valence-electron chi connectivity index (χ2n) is 5.42. The zero-order valence-electron chi connectivity index (χ0n) is 12.8. The topological polar surface area (TPSA) is 46.1 Å². The van der Waals surface area contributed by atoms with Crippen molar-refractivity contribution in [2.45, 2.75) is 30.6 Å². The van der Waals surface area contributed by atoms with Gasteiger partial charge in [-0.1, -0.05) is 41.0 Å². The molecule has 24 heavy (non-hydrogen) atoms. The molecule has 3 rings (SSSR count). The van der Waals surface area contributed by atoms with Crippen LogP contribution in [-0.4, -0.2) is 33.1 Å². The van der Waals surface area contributed by atoms with E-state index >= 15 is 0 Å². The Hall–Kier alpha value is -1.37. The summed E-state index contributed by atoms with van der Waals surface area (Å²) in [6.45, 7) is 0.0872. The van der Waals surface area contributed by atoms with Crippen LogP contribution in [0.3, 0.4) is 0 Å². The van der Waals surface area contributed by atoms with Crippen molar-refractivity contribution in [3.05, 3.63) is 51.5 Å². The van der Waals surface area contributed by atoms with Crippen molar-refractivity contribution in [1.82, 2.24) is 14.9 Å². The summed E-state index contributed by atoms with van der Waals surface area (Å²) in [4.78, 5) is 22.8. The number of thioether (sulfide) groups is 1. The van der Waals surface area contributed by atoms with Crippen molar-refractivity contribution in [2.24, 2.45) is 0 Å². The lowest BCUT2D eigenvalue weighted by Gasteiger charge is -2.23. The van der Waals surface area contributed by atoms with E-state index < -0.39 is 5.82 Å². The summed E-state index contributed by atoms with van der Waals surface area (Å²) in [5.41, 5.74) is 0.435. The summed E-state index contributed by atoms with van der Waals surface area (Å²) >= 11 is 13.5. The van der Waals surface area contributed by atoms with Crippen molar-refractivity contribution in [3.63, 3.8) is 0 Å². The standard InChI is InChI=1S/C16H14Cl2FN3OS/c1-24-16-20-7-12(18)14(21-16)15(23)22(9-5-6-9)8-10-11(17)3-2-4-13(10)19/h2-4,7,9H,5-6,8H2,1H3. The Morgan fingerprint density at radius 2 is 2.12 bits per heavy atom. The number of hydrogen-bond acceptors (Lipinski definition) is 4. The summed E-state index contributed by atoms with van der Waals surface area (Å²) in [7, 11) is 0. The predicted octanol–water partition coefficient (Wildman–Crippen LogP) is 4.45. The quantitative estimate of drug-likeness (QED) is 0.563. The molecule has 0 saturated heterocycles. The van der Waals surface area contributed by atoms with Crippen LogP contribution in [0.4, 0.5) is 4.39 Å². The van der Waals surface area contributed by atoms with Gasteiger partial charge in [0.05, 0.1) is 17.8 Å². The second-order valence-corrected chi connectivity index (χ2v) is 7.01. The van der Waals surface area contributed by atoms with Gasteiger partial charge in [0, 0.05) is 16.6 Å². The first-order chi connectivity index (χ1) is 11.5. The minimum atomic E-state index is -0.431. The zero-order valence-corrected chi connectivity index (χ0v) is 15.1. The van der Waals surface area contributed by atoms with Gasteiger partial charge in [-0.3, -0.25) is 4.79 Å². The first-order valence-corrected chi connectivity index (χ1v) is 9.29. The maximum atomic E-state index is 14.1. The Kier molecular flexibility index (Phi) is 5.27. The van der Waals surface area contributed by atoms with Gasteiger partial charge in [0.25, 0.3) is 5.91 Å². The number of nitrogens with zero attached hydrogens (tertiary/aromatic N) is 3. The molecular formula is C16H14Cl2FN3OS. The molecule has 1 saturated carbocycles. The van der Waals surface area contributed by atoms with Gasteiger partial charge < -0.3 is 4.90 Å². The number of benzene rings is 1. The SMILES string of the molecule is CSc1ncc(Cl)c(C(=O)N(Cc2c(F)cccc2Cl)C2CC2)n1. The lowest BCUT2D eigenvalue weighted by molar-refractivity contribution is 0.0721. The van der Waals surface area contributed by atoms with Crippen molar-refractivity contribution in [1.29, 1.82) is 0 Å². The molecule has 0 N–H and O–H groups in total. The lowest BCUT2D eigenvalue weighted by atomic mass is 10.2. The number of carbonyl (C=O) groups excluding carboxylic acids is 1. The molecule has 8 heteroatoms. The van der Waals surface area contributed by atoms with Gasteiger partial charge in [0.15, 0.2) is 10.9 Å². The Labute approximate surface area is 153 Å². The molecule has 4 nitrogen and oxygen atoms in total. The summed E-state index contributed by atoms with van der Waals surface area (Å²) in [6, 6.07) is 4.53. The highest BCUT2D eigenvalue weighted by atomic mass is 35.5. The van der Waals surface area contributed by atoms with Crippen LogP contribution in [0.15, 0.2) is 29.6 Å². The monoisotopic (exact) mass is 385 g/mol. The highest BCUT2D eigenvalue weighted by Crippen LogP contribution is 2.32. The fraction of sp³-hybridized carbons (Fsp3) is 0.312. The molecule has 1 aromatic heterocycles. The summed E-state index contributed by atoms with van der Waals surface area (Å²) < 4.78 is 14.1. The van der Waals surface area contributed by atoms with Crippen molar-refractivity contribution >= 4 is 40.9 Å². The fourth-order valence-electron chi connectivity index (χ4n) is 2.34. The van der Waals surface area contributed by atoms with Gasteiger partial charge >= 0.3 is 0 Å². The van der Waals surface area contributed by atoms with Gasteiger partial charge in [-0.2, -0.15) is 0 Å². The second kappa shape index (κ2) is 7.25. The normalized spacial score (nSPS) is 13.8. The average molecular weight is 386 g/mol. The molecule has 1 heterocycles. The molecule has 126 valence electrons. The average Bonchev–Trinajstić information content (AvgIpc) is 3.39. The molecule has 1 aliphatic carbocycles. The summed E-state index contributed by atoms with van der Waals surface area (Å²) in [5.74, 6) is -0.765. The predicted molar refractivity (Wildman–Crippen MR) is 93.1 cm³/mol. The van der Waals surface area contributed by atoms with Crippen LogP contribution in [0.5, 0.6) is 0 Å². The fourth-order valence-corrected chi connectivity index (χ4v) is 3.08. The molecule has 1 aliphatic rings. The zero-order chi connectivity index (χ0) is 17.3. The smallest absolute Gasteiger partial charge is 0.274 e. The van der Waals surface area contributed by atoms with E-state index in [0.29, 0.717) is 15.7 Å². The first-order valence-electron chi connectivity index (χ1n) is 7.31. The van der Waals surface area contributed by atoms with Crippen LogP contribution in [0.25, 0.3) is 0 Å². The van der Waals surface area contributed by atoms with Crippen LogP contribution in [0, 0.1) is 5.82 Å². The number of hydrogen-bond donors (Lipinski definition) is 0. The molecule has 0 unspecified atom stereocenters. The molecule has 0 atom stereocenters. The van der Waals surface area contributed by atoms with E-state index in [1.54, 1.807) is 11.0 Å². The third-order valence-electron chi connectivity index (χ3n) is 3.75. The van der Waals surface area contributed by atoms with E-state index in [4.69, 9.17) is 23.2 Å². The van der Waals surface area contributed by atoms with Crippen LogP contribution < -0.4 is 0 Å². The van der Waals surface area contributed by atoms with Gasteiger partial charge in [-0.25, -0.2) is 14.4 Å². The van der Waals surface area contributed by atoms with Gasteiger partial charge in [0.1, 0.15) is 5.82 Å². The minimum absolute atomic E-state index is 0.0527. The minimum Gasteiger partial charge on any atom is -0.330 e. The number of aromatic nitrogens is 2. The van der Waals surface area contributed by atoms with Crippen LogP contribution >= 0.6 is 35.0 Å². The molecular weight excluding hydrogens is 372 g/mol. The molecule has 1 fully saturated rings. The molecule has 0 radical (unpaired) electrons. The van der Waals surface area contributed by atoms with Gasteiger partial charge in [-0.05, 0) is 31.2 Å². The molecule has 1 amide bonds. The summed E-state index contributed by atoms with van der Waals surface area (Å²) in [6.07, 6.45) is 4.97. The van der Waals surface area contributed by atoms with Crippen molar-refractivity contribution < 1.29 is 9.18 Å². The number of carbonyl (C=O) groups is 1. The van der Waals surface area contributed by atoms with Crippen molar-refractivity contribution in [3.8, 4) is 0 Å². The van der Waals surface area contributed by atoms with E-state index in [-0.39, 0.29) is 29.2 Å². The first kappa shape index (κ1) is 17.5. The third-order valence-corrected chi connectivity index (χ3v) is 4.94. The Morgan fingerprint density at radius 1 is 1.38 bits per heavy atom. The maximum absolute atomic E-state index is 14.1. The van der Waals surface area contributed by atoms with E-state index in [0.717, 1.165) is 12.8 Å². The molecule has 0 bridgehead atoms. The van der Waals surface area contributed by atoms with Gasteiger partial charge in [0.2, 0.25) is 0 Å². The van der Waals surface area contributed by atoms with E-state index in [1.807, 2.05) is 6.26 Å². The van der Waals surface area contributed by atoms with Crippen LogP contribution in [0.1, 0.15) is 28.9 Å². The van der Waals surface area contributed by atoms with Gasteiger partial charge in [-0.15, -0.1) is 0 Å².